The molecule has 0 aliphatic heterocycles. The monoisotopic (exact) mass is 346 g/mol. The third kappa shape index (κ3) is 3.62. The van der Waals surface area contributed by atoms with Crippen molar-refractivity contribution in [2.24, 2.45) is 0 Å². The molecule has 0 atom stereocenters. The SMILES string of the molecule is CN(C(=O)c1cccc([N+](=O)[O-])c1)C(c1ccccc1)c1ccccc1. The highest BCUT2D eigenvalue weighted by molar-refractivity contribution is 5.95. The van der Waals surface area contributed by atoms with Crippen molar-refractivity contribution in [3.63, 3.8) is 0 Å². The van der Waals surface area contributed by atoms with E-state index in [0.29, 0.717) is 5.56 Å². The molecule has 130 valence electrons. The minimum absolute atomic E-state index is 0.0970. The Morgan fingerprint density at radius 1 is 0.885 bits per heavy atom. The van der Waals surface area contributed by atoms with Gasteiger partial charge in [0.2, 0.25) is 0 Å². The number of hydrogen-bond donors (Lipinski definition) is 0. The molecule has 5 nitrogen and oxygen atoms in total. The van der Waals surface area contributed by atoms with Gasteiger partial charge in [-0.1, -0.05) is 66.7 Å². The average molecular weight is 346 g/mol. The largest absolute Gasteiger partial charge is 0.331 e. The number of amides is 1. The maximum atomic E-state index is 13.0. The molecule has 0 fully saturated rings. The molecule has 3 rings (SSSR count). The first kappa shape index (κ1) is 17.4. The Bertz CT molecular complexity index is 871. The first-order valence-electron chi connectivity index (χ1n) is 8.19. The number of nitrogens with zero attached hydrogens (tertiary/aromatic N) is 2. The fourth-order valence-corrected chi connectivity index (χ4v) is 2.98. The molecule has 0 aliphatic rings. The van der Waals surface area contributed by atoms with Gasteiger partial charge in [0.05, 0.1) is 11.0 Å². The Morgan fingerprint density at radius 3 is 1.92 bits per heavy atom. The Kier molecular flexibility index (Phi) is 5.08. The van der Waals surface area contributed by atoms with Crippen molar-refractivity contribution in [2.45, 2.75) is 6.04 Å². The van der Waals surface area contributed by atoms with Crippen molar-refractivity contribution >= 4 is 11.6 Å². The van der Waals surface area contributed by atoms with Crippen LogP contribution < -0.4 is 0 Å². The highest BCUT2D eigenvalue weighted by Gasteiger charge is 2.25. The van der Waals surface area contributed by atoms with Crippen LogP contribution in [0.3, 0.4) is 0 Å². The second kappa shape index (κ2) is 7.61. The van der Waals surface area contributed by atoms with E-state index in [4.69, 9.17) is 0 Å². The summed E-state index contributed by atoms with van der Waals surface area (Å²) in [6.45, 7) is 0. The normalized spacial score (nSPS) is 10.5. The van der Waals surface area contributed by atoms with E-state index >= 15 is 0 Å². The van der Waals surface area contributed by atoms with Crippen LogP contribution in [-0.4, -0.2) is 22.8 Å². The molecule has 3 aromatic carbocycles. The maximum Gasteiger partial charge on any atom is 0.270 e. The number of nitro benzene ring substituents is 1. The quantitative estimate of drug-likeness (QED) is 0.506. The van der Waals surface area contributed by atoms with Crippen molar-refractivity contribution in [3.05, 3.63) is 112 Å². The van der Waals surface area contributed by atoms with E-state index in [0.717, 1.165) is 11.1 Å². The van der Waals surface area contributed by atoms with Crippen molar-refractivity contribution in [3.8, 4) is 0 Å². The molecule has 0 bridgehead atoms. The summed E-state index contributed by atoms with van der Waals surface area (Å²) < 4.78 is 0. The summed E-state index contributed by atoms with van der Waals surface area (Å²) in [5.41, 5.74) is 2.14. The van der Waals surface area contributed by atoms with E-state index in [-0.39, 0.29) is 17.6 Å². The van der Waals surface area contributed by atoms with Gasteiger partial charge in [-0.25, -0.2) is 0 Å². The molecule has 0 aliphatic carbocycles. The highest BCUT2D eigenvalue weighted by Crippen LogP contribution is 2.29. The van der Waals surface area contributed by atoms with Crippen molar-refractivity contribution in [1.82, 2.24) is 4.90 Å². The Hall–Kier alpha value is -3.47. The van der Waals surface area contributed by atoms with Crippen LogP contribution in [0, 0.1) is 10.1 Å². The van der Waals surface area contributed by atoms with Crippen LogP contribution in [-0.2, 0) is 0 Å². The number of carbonyl (C=O) groups excluding carboxylic acids is 1. The predicted molar refractivity (Wildman–Crippen MR) is 99.9 cm³/mol. The van der Waals surface area contributed by atoms with Crippen LogP contribution in [0.15, 0.2) is 84.9 Å². The Labute approximate surface area is 151 Å². The molecule has 3 aromatic rings. The van der Waals surface area contributed by atoms with Gasteiger partial charge in [0.1, 0.15) is 0 Å². The van der Waals surface area contributed by atoms with E-state index in [1.165, 1.54) is 18.2 Å². The summed E-state index contributed by atoms with van der Waals surface area (Å²) in [4.78, 5) is 25.1. The summed E-state index contributed by atoms with van der Waals surface area (Å²) in [7, 11) is 1.71. The zero-order valence-electron chi connectivity index (χ0n) is 14.3. The molecule has 0 N–H and O–H groups in total. The second-order valence-corrected chi connectivity index (χ2v) is 5.95. The summed E-state index contributed by atoms with van der Waals surface area (Å²) in [5.74, 6) is -0.272. The van der Waals surface area contributed by atoms with Gasteiger partial charge >= 0.3 is 0 Å². The summed E-state index contributed by atoms with van der Waals surface area (Å²) in [6.07, 6.45) is 0. The van der Waals surface area contributed by atoms with Gasteiger partial charge in [-0.05, 0) is 17.2 Å². The van der Waals surface area contributed by atoms with Crippen LogP contribution >= 0.6 is 0 Å². The van der Waals surface area contributed by atoms with Crippen LogP contribution in [0.5, 0.6) is 0 Å². The lowest BCUT2D eigenvalue weighted by Gasteiger charge is -2.29. The number of nitro groups is 1. The second-order valence-electron chi connectivity index (χ2n) is 5.95. The zero-order chi connectivity index (χ0) is 18.5. The van der Waals surface area contributed by atoms with Crippen LogP contribution in [0.4, 0.5) is 5.69 Å². The summed E-state index contributed by atoms with van der Waals surface area (Å²) in [6, 6.07) is 25.0. The molecule has 0 spiro atoms. The first-order chi connectivity index (χ1) is 12.6. The lowest BCUT2D eigenvalue weighted by atomic mass is 9.97. The van der Waals surface area contributed by atoms with Crippen molar-refractivity contribution in [1.29, 1.82) is 0 Å². The Balaban J connectivity index is 2.00. The first-order valence-corrected chi connectivity index (χ1v) is 8.19. The molecular formula is C21H18N2O3. The fourth-order valence-electron chi connectivity index (χ4n) is 2.98. The molecule has 0 heterocycles. The smallest absolute Gasteiger partial charge is 0.270 e. The highest BCUT2D eigenvalue weighted by atomic mass is 16.6. The number of rotatable bonds is 5. The van der Waals surface area contributed by atoms with Gasteiger partial charge in [-0.3, -0.25) is 14.9 Å². The molecule has 0 unspecified atom stereocenters. The van der Waals surface area contributed by atoms with E-state index in [2.05, 4.69) is 0 Å². The third-order valence-electron chi connectivity index (χ3n) is 4.24. The number of non-ortho nitro benzene ring substituents is 1. The minimum Gasteiger partial charge on any atom is -0.331 e. The van der Waals surface area contributed by atoms with E-state index in [1.807, 2.05) is 60.7 Å². The minimum atomic E-state index is -0.497. The average Bonchev–Trinajstić information content (AvgIpc) is 2.69. The molecule has 0 radical (unpaired) electrons. The number of carbonyl (C=O) groups is 1. The Morgan fingerprint density at radius 2 is 1.42 bits per heavy atom. The van der Waals surface area contributed by atoms with Gasteiger partial charge in [0, 0.05) is 24.7 Å². The number of benzene rings is 3. The number of hydrogen-bond acceptors (Lipinski definition) is 3. The van der Waals surface area contributed by atoms with Crippen LogP contribution in [0.1, 0.15) is 27.5 Å². The van der Waals surface area contributed by atoms with Crippen LogP contribution in [0.2, 0.25) is 0 Å². The maximum absolute atomic E-state index is 13.0. The summed E-state index contributed by atoms with van der Waals surface area (Å²) in [5, 5.41) is 11.0. The van der Waals surface area contributed by atoms with Gasteiger partial charge in [-0.2, -0.15) is 0 Å². The third-order valence-corrected chi connectivity index (χ3v) is 4.24. The molecule has 0 aromatic heterocycles. The van der Waals surface area contributed by atoms with Crippen molar-refractivity contribution in [2.75, 3.05) is 7.05 Å². The van der Waals surface area contributed by atoms with E-state index in [9.17, 15) is 14.9 Å². The molecule has 26 heavy (non-hydrogen) atoms. The molecule has 1 amide bonds. The lowest BCUT2D eigenvalue weighted by Crippen LogP contribution is -2.32. The standard InChI is InChI=1S/C21H18N2O3/c1-22(21(24)18-13-8-14-19(15-18)23(25)26)20(16-9-4-2-5-10-16)17-11-6-3-7-12-17/h2-15,20H,1H3. The fraction of sp³-hybridized carbons (Fsp3) is 0.0952. The van der Waals surface area contributed by atoms with Crippen molar-refractivity contribution < 1.29 is 9.72 Å². The van der Waals surface area contributed by atoms with Gasteiger partial charge in [0.15, 0.2) is 0 Å². The molecular weight excluding hydrogens is 328 g/mol. The molecule has 5 heteroatoms. The molecule has 0 saturated heterocycles. The topological polar surface area (TPSA) is 63.5 Å². The zero-order valence-corrected chi connectivity index (χ0v) is 14.3. The van der Waals surface area contributed by atoms with E-state index in [1.54, 1.807) is 18.0 Å². The van der Waals surface area contributed by atoms with Gasteiger partial charge < -0.3 is 4.90 Å². The van der Waals surface area contributed by atoms with E-state index < -0.39 is 4.92 Å². The molecule has 0 saturated carbocycles. The van der Waals surface area contributed by atoms with Crippen LogP contribution in [0.25, 0.3) is 0 Å². The predicted octanol–water partition coefficient (Wildman–Crippen LogP) is 4.46. The van der Waals surface area contributed by atoms with Gasteiger partial charge in [0.25, 0.3) is 11.6 Å². The lowest BCUT2D eigenvalue weighted by molar-refractivity contribution is -0.384. The summed E-state index contributed by atoms with van der Waals surface area (Å²) >= 11 is 0. The van der Waals surface area contributed by atoms with Gasteiger partial charge in [-0.15, -0.1) is 0 Å².